The molecule has 1 N–H and O–H groups in total. The lowest BCUT2D eigenvalue weighted by Gasteiger charge is -2.36. The fourth-order valence-electron chi connectivity index (χ4n) is 5.63. The maximum atomic E-state index is 13.7. The number of carboxylic acid groups (broad SMARTS) is 1. The van der Waals surface area contributed by atoms with Crippen molar-refractivity contribution in [2.75, 3.05) is 31.1 Å². The molecule has 1 aromatic heterocycles. The summed E-state index contributed by atoms with van der Waals surface area (Å²) in [4.78, 5) is 11.8. The van der Waals surface area contributed by atoms with E-state index in [0.717, 1.165) is 32.6 Å². The second kappa shape index (κ2) is 12.3. The zero-order valence-corrected chi connectivity index (χ0v) is 22.9. The number of alkyl halides is 6. The van der Waals surface area contributed by atoms with E-state index in [2.05, 4.69) is 10.00 Å². The van der Waals surface area contributed by atoms with Crippen LogP contribution >= 0.6 is 11.6 Å². The second-order valence-corrected chi connectivity index (χ2v) is 10.6. The molecule has 2 aliphatic rings. The smallest absolute Gasteiger partial charge is 0.433 e. The van der Waals surface area contributed by atoms with Crippen molar-refractivity contribution in [2.45, 2.75) is 51.1 Å². The number of hydrogen-bond acceptors (Lipinski definition) is 4. The van der Waals surface area contributed by atoms with E-state index >= 15 is 0 Å². The SMILES string of the molecule is Cc1cnn(C2CCCN(c3cc(Cl)ccc3-c3ccc4c(c3)CCN(CC(F)(F)F)C4)C2)c1C(F)(F)F.O=CO. The Morgan fingerprint density at radius 1 is 1.07 bits per heavy atom. The van der Waals surface area contributed by atoms with E-state index in [9.17, 15) is 26.3 Å². The molecule has 6 nitrogen and oxygen atoms in total. The normalized spacial score (nSPS) is 18.0. The molecule has 3 heterocycles. The summed E-state index contributed by atoms with van der Waals surface area (Å²) < 4.78 is 80.9. The minimum absolute atomic E-state index is 0.0981. The highest BCUT2D eigenvalue weighted by Crippen LogP contribution is 2.40. The van der Waals surface area contributed by atoms with E-state index in [1.807, 2.05) is 30.3 Å². The number of nitrogens with zero attached hydrogens (tertiary/aromatic N) is 4. The van der Waals surface area contributed by atoms with E-state index in [1.165, 1.54) is 18.0 Å². The van der Waals surface area contributed by atoms with Gasteiger partial charge in [0.25, 0.3) is 6.47 Å². The van der Waals surface area contributed by atoms with Crippen LogP contribution < -0.4 is 4.90 Å². The molecule has 0 saturated carbocycles. The predicted octanol–water partition coefficient (Wildman–Crippen LogP) is 6.99. The maximum Gasteiger partial charge on any atom is 0.433 e. The molecular weight excluding hydrogens is 574 g/mol. The second-order valence-electron chi connectivity index (χ2n) is 10.2. The van der Waals surface area contributed by atoms with Gasteiger partial charge in [-0.1, -0.05) is 35.9 Å². The summed E-state index contributed by atoms with van der Waals surface area (Å²) in [6, 6.07) is 10.8. The summed E-state index contributed by atoms with van der Waals surface area (Å²) in [5.41, 5.74) is 3.84. The fraction of sp³-hybridized carbons (Fsp3) is 0.429. The van der Waals surface area contributed by atoms with Crippen LogP contribution in [-0.2, 0) is 23.9 Å². The van der Waals surface area contributed by atoms with Gasteiger partial charge in [-0.3, -0.25) is 14.4 Å². The molecule has 3 aromatic rings. The Bertz CT molecular complexity index is 1370. The lowest BCUT2D eigenvalue weighted by molar-refractivity contribution is -0.148. The number of piperidine rings is 1. The van der Waals surface area contributed by atoms with Gasteiger partial charge in [0.05, 0.1) is 18.8 Å². The first kappa shape index (κ1) is 30.7. The molecule has 1 unspecified atom stereocenters. The summed E-state index contributed by atoms with van der Waals surface area (Å²) in [6.45, 7) is 1.79. The molecule has 222 valence electrons. The molecule has 0 aliphatic carbocycles. The van der Waals surface area contributed by atoms with Gasteiger partial charge in [0.15, 0.2) is 0 Å². The Kier molecular flexibility index (Phi) is 9.22. The van der Waals surface area contributed by atoms with Crippen LogP contribution in [-0.4, -0.2) is 58.6 Å². The van der Waals surface area contributed by atoms with Crippen molar-refractivity contribution >= 4 is 23.8 Å². The Balaban J connectivity index is 0.00000124. The van der Waals surface area contributed by atoms with E-state index in [0.29, 0.717) is 43.9 Å². The Labute approximate surface area is 238 Å². The molecular formula is C28H29ClF6N4O2. The van der Waals surface area contributed by atoms with Gasteiger partial charge in [-0.15, -0.1) is 0 Å². The Morgan fingerprint density at radius 3 is 2.49 bits per heavy atom. The van der Waals surface area contributed by atoms with Crippen LogP contribution in [0.4, 0.5) is 32.0 Å². The van der Waals surface area contributed by atoms with Crippen LogP contribution in [0.25, 0.3) is 11.1 Å². The average Bonchev–Trinajstić information content (AvgIpc) is 3.30. The number of hydrogen-bond donors (Lipinski definition) is 1. The minimum Gasteiger partial charge on any atom is -0.483 e. The number of rotatable bonds is 4. The summed E-state index contributed by atoms with van der Waals surface area (Å²) in [7, 11) is 0. The number of anilines is 1. The minimum atomic E-state index is -4.50. The van der Waals surface area contributed by atoms with Crippen molar-refractivity contribution in [3.05, 3.63) is 70.0 Å². The third-order valence-corrected chi connectivity index (χ3v) is 7.54. The molecule has 13 heteroatoms. The maximum absolute atomic E-state index is 13.7. The molecule has 0 spiro atoms. The third kappa shape index (κ3) is 7.34. The highest BCUT2D eigenvalue weighted by atomic mass is 35.5. The first-order valence-electron chi connectivity index (χ1n) is 13.0. The van der Waals surface area contributed by atoms with Crippen LogP contribution in [0.15, 0.2) is 42.6 Å². The highest BCUT2D eigenvalue weighted by Gasteiger charge is 2.39. The average molecular weight is 603 g/mol. The monoisotopic (exact) mass is 602 g/mol. The molecule has 1 atom stereocenters. The topological polar surface area (TPSA) is 61.6 Å². The zero-order chi connectivity index (χ0) is 29.9. The number of aromatic nitrogens is 2. The predicted molar refractivity (Wildman–Crippen MR) is 143 cm³/mol. The van der Waals surface area contributed by atoms with Crippen molar-refractivity contribution in [2.24, 2.45) is 0 Å². The summed E-state index contributed by atoms with van der Waals surface area (Å²) in [5, 5.41) is 11.5. The summed E-state index contributed by atoms with van der Waals surface area (Å²) in [5.74, 6) is 0. The van der Waals surface area contributed by atoms with Gasteiger partial charge in [-0.05, 0) is 60.6 Å². The van der Waals surface area contributed by atoms with Crippen LogP contribution in [0.3, 0.4) is 0 Å². The molecule has 1 saturated heterocycles. The van der Waals surface area contributed by atoms with E-state index in [-0.39, 0.29) is 18.6 Å². The van der Waals surface area contributed by atoms with Crippen molar-refractivity contribution in [1.82, 2.24) is 14.7 Å². The zero-order valence-electron chi connectivity index (χ0n) is 22.1. The van der Waals surface area contributed by atoms with E-state index < -0.39 is 30.6 Å². The standard InChI is InChI=1S/C27H27ClF6N4.CH2O2/c1-17-13-35-38(25(17)27(32,33)34)22-3-2-9-37(15-22)24-12-21(28)6-7-23(24)19-4-5-20-14-36(16-26(29,30)31)10-8-18(20)11-19;2-1-3/h4-7,11-13,22H,2-3,8-10,14-16H2,1H3;1H,(H,2,3). The fourth-order valence-corrected chi connectivity index (χ4v) is 5.80. The molecule has 0 radical (unpaired) electrons. The van der Waals surface area contributed by atoms with Crippen molar-refractivity contribution in [1.29, 1.82) is 0 Å². The quantitative estimate of drug-likeness (QED) is 0.258. The molecule has 1 fully saturated rings. The van der Waals surface area contributed by atoms with Gasteiger partial charge in [0, 0.05) is 42.5 Å². The van der Waals surface area contributed by atoms with Gasteiger partial charge in [-0.25, -0.2) is 0 Å². The van der Waals surface area contributed by atoms with Crippen LogP contribution in [0.5, 0.6) is 0 Å². The molecule has 41 heavy (non-hydrogen) atoms. The van der Waals surface area contributed by atoms with E-state index in [1.54, 1.807) is 6.07 Å². The molecule has 5 rings (SSSR count). The number of carbonyl (C=O) groups is 1. The number of halogens is 7. The van der Waals surface area contributed by atoms with Crippen molar-refractivity contribution in [3.63, 3.8) is 0 Å². The molecule has 0 amide bonds. The molecule has 2 aromatic carbocycles. The van der Waals surface area contributed by atoms with Crippen LogP contribution in [0.1, 0.15) is 41.3 Å². The van der Waals surface area contributed by atoms with Crippen LogP contribution in [0.2, 0.25) is 5.02 Å². The highest BCUT2D eigenvalue weighted by molar-refractivity contribution is 6.31. The largest absolute Gasteiger partial charge is 0.483 e. The van der Waals surface area contributed by atoms with Gasteiger partial charge in [-0.2, -0.15) is 31.4 Å². The van der Waals surface area contributed by atoms with Gasteiger partial charge < -0.3 is 10.0 Å². The Morgan fingerprint density at radius 2 is 1.80 bits per heavy atom. The first-order valence-corrected chi connectivity index (χ1v) is 13.3. The van der Waals surface area contributed by atoms with Crippen molar-refractivity contribution < 1.29 is 36.2 Å². The summed E-state index contributed by atoms with van der Waals surface area (Å²) in [6.07, 6.45) is -5.71. The molecule has 0 bridgehead atoms. The van der Waals surface area contributed by atoms with Crippen LogP contribution in [0, 0.1) is 6.92 Å². The van der Waals surface area contributed by atoms with Gasteiger partial charge in [0.2, 0.25) is 0 Å². The third-order valence-electron chi connectivity index (χ3n) is 7.30. The van der Waals surface area contributed by atoms with E-state index in [4.69, 9.17) is 21.5 Å². The number of fused-ring (bicyclic) bond motifs is 1. The van der Waals surface area contributed by atoms with Gasteiger partial charge in [0.1, 0.15) is 5.69 Å². The lowest BCUT2D eigenvalue weighted by atomic mass is 9.93. The Hall–Kier alpha value is -3.25. The van der Waals surface area contributed by atoms with Crippen molar-refractivity contribution in [3.8, 4) is 11.1 Å². The first-order chi connectivity index (χ1) is 19.3. The number of aryl methyl sites for hydroxylation is 1. The van der Waals surface area contributed by atoms with Gasteiger partial charge >= 0.3 is 12.4 Å². The summed E-state index contributed by atoms with van der Waals surface area (Å²) >= 11 is 6.36. The lowest BCUT2D eigenvalue weighted by Crippen LogP contribution is -2.38. The molecule has 2 aliphatic heterocycles. The number of benzene rings is 2.